The Morgan fingerprint density at radius 2 is 0.806 bits per heavy atom. The molecule has 178 valence electrons. The van der Waals surface area contributed by atoms with Crippen molar-refractivity contribution in [3.8, 4) is 44.9 Å². The van der Waals surface area contributed by atoms with E-state index in [4.69, 9.17) is 9.47 Å². The third-order valence-corrected chi connectivity index (χ3v) is 5.45. The van der Waals surface area contributed by atoms with Gasteiger partial charge in [-0.25, -0.2) is 9.59 Å². The number of hydrogen-bond acceptors (Lipinski definition) is 6. The molecule has 8 nitrogen and oxygen atoms in total. The van der Waals surface area contributed by atoms with Crippen LogP contribution in [0.5, 0.6) is 11.5 Å². The van der Waals surface area contributed by atoms with Crippen LogP contribution in [-0.2, 0) is 9.59 Å². The minimum absolute atomic E-state index is 0.00215. The topological polar surface area (TPSA) is 127 Å². The first kappa shape index (κ1) is 23.9. The highest BCUT2D eigenvalue weighted by atomic mass is 16.5. The highest BCUT2D eigenvalue weighted by Crippen LogP contribution is 2.31. The predicted molar refractivity (Wildman–Crippen MR) is 130 cm³/mol. The molecule has 0 aliphatic heterocycles. The lowest BCUT2D eigenvalue weighted by Crippen LogP contribution is -1.99. The van der Waals surface area contributed by atoms with Crippen LogP contribution in [0.3, 0.4) is 0 Å². The number of carboxylic acid groups (broad SMARTS) is 2. The zero-order chi connectivity index (χ0) is 25.7. The smallest absolute Gasteiger partial charge is 0.335 e. The van der Waals surface area contributed by atoms with Crippen LogP contribution in [0.2, 0.25) is 0 Å². The number of carbonyl (C=O) groups is 4. The van der Waals surface area contributed by atoms with Gasteiger partial charge in [0.05, 0.1) is 11.1 Å². The second-order valence-electron chi connectivity index (χ2n) is 7.69. The molecule has 0 aromatic heterocycles. The summed E-state index contributed by atoms with van der Waals surface area (Å²) in [5.74, 6) is -2.01. The van der Waals surface area contributed by atoms with E-state index in [9.17, 15) is 29.4 Å². The van der Waals surface area contributed by atoms with E-state index in [2.05, 4.69) is 0 Å². The van der Waals surface area contributed by atoms with Crippen LogP contribution in [0.1, 0.15) is 20.7 Å². The Bertz CT molecular complexity index is 1340. The molecular weight excluding hydrogens is 464 g/mol. The van der Waals surface area contributed by atoms with E-state index >= 15 is 0 Å². The van der Waals surface area contributed by atoms with Gasteiger partial charge in [0.25, 0.3) is 12.9 Å². The fourth-order valence-corrected chi connectivity index (χ4v) is 3.74. The second-order valence-corrected chi connectivity index (χ2v) is 7.69. The Balaban J connectivity index is 1.62. The van der Waals surface area contributed by atoms with Gasteiger partial charge in [0.1, 0.15) is 11.5 Å². The van der Waals surface area contributed by atoms with Crippen molar-refractivity contribution in [2.24, 2.45) is 0 Å². The first-order chi connectivity index (χ1) is 17.4. The molecule has 36 heavy (non-hydrogen) atoms. The molecule has 8 heteroatoms. The highest BCUT2D eigenvalue weighted by molar-refractivity contribution is 5.91. The van der Waals surface area contributed by atoms with E-state index in [0.29, 0.717) is 11.1 Å². The van der Waals surface area contributed by atoms with Gasteiger partial charge in [0.2, 0.25) is 0 Å². The zero-order valence-corrected chi connectivity index (χ0v) is 18.6. The van der Waals surface area contributed by atoms with E-state index in [1.165, 1.54) is 24.3 Å². The largest absolute Gasteiger partial charge is 0.478 e. The van der Waals surface area contributed by atoms with Crippen molar-refractivity contribution in [1.82, 2.24) is 0 Å². The number of ether oxygens (including phenoxy) is 2. The van der Waals surface area contributed by atoms with Crippen molar-refractivity contribution in [3.05, 3.63) is 96.1 Å². The van der Waals surface area contributed by atoms with E-state index < -0.39 is 11.9 Å². The molecule has 0 aliphatic carbocycles. The minimum Gasteiger partial charge on any atom is -0.478 e. The molecule has 0 fully saturated rings. The van der Waals surface area contributed by atoms with Gasteiger partial charge in [0, 0.05) is 0 Å². The van der Waals surface area contributed by atoms with E-state index in [1.807, 2.05) is 48.5 Å². The van der Waals surface area contributed by atoms with Crippen molar-refractivity contribution in [3.63, 3.8) is 0 Å². The van der Waals surface area contributed by atoms with Gasteiger partial charge in [-0.15, -0.1) is 0 Å². The first-order valence-corrected chi connectivity index (χ1v) is 10.6. The third kappa shape index (κ3) is 5.28. The van der Waals surface area contributed by atoms with E-state index in [1.54, 1.807) is 12.1 Å². The molecule has 4 aromatic rings. The molecule has 0 amide bonds. The molecule has 0 saturated carbocycles. The Morgan fingerprint density at radius 3 is 1.08 bits per heavy atom. The quantitative estimate of drug-likeness (QED) is 0.314. The van der Waals surface area contributed by atoms with Gasteiger partial charge in [-0.1, -0.05) is 48.5 Å². The Morgan fingerprint density at radius 1 is 0.500 bits per heavy atom. The number of carbonyl (C=O) groups excluding carboxylic acids is 2. The zero-order valence-electron chi connectivity index (χ0n) is 18.6. The van der Waals surface area contributed by atoms with Gasteiger partial charge in [0.15, 0.2) is 0 Å². The van der Waals surface area contributed by atoms with Crippen LogP contribution in [0, 0.1) is 0 Å². The fourth-order valence-electron chi connectivity index (χ4n) is 3.74. The average molecular weight is 482 g/mol. The molecule has 0 radical (unpaired) electrons. The van der Waals surface area contributed by atoms with Crippen LogP contribution in [0.25, 0.3) is 33.4 Å². The first-order valence-electron chi connectivity index (χ1n) is 10.6. The van der Waals surface area contributed by atoms with Crippen molar-refractivity contribution >= 4 is 24.9 Å². The fraction of sp³-hybridized carbons (Fsp3) is 0. The van der Waals surface area contributed by atoms with Gasteiger partial charge in [-0.2, -0.15) is 0 Å². The number of hydrogen-bond donors (Lipinski definition) is 2. The molecule has 4 aromatic carbocycles. The second kappa shape index (κ2) is 10.4. The third-order valence-electron chi connectivity index (χ3n) is 5.45. The average Bonchev–Trinajstić information content (AvgIpc) is 2.89. The molecule has 0 unspecified atom stereocenters. The maximum atomic E-state index is 11.4. The van der Waals surface area contributed by atoms with E-state index in [-0.39, 0.29) is 35.6 Å². The Labute approximate surface area is 205 Å². The van der Waals surface area contributed by atoms with Crippen LogP contribution >= 0.6 is 0 Å². The van der Waals surface area contributed by atoms with Crippen LogP contribution in [0.15, 0.2) is 84.9 Å². The summed E-state index contributed by atoms with van der Waals surface area (Å²) >= 11 is 0. The summed E-state index contributed by atoms with van der Waals surface area (Å²) < 4.78 is 9.68. The van der Waals surface area contributed by atoms with Gasteiger partial charge >= 0.3 is 11.9 Å². The monoisotopic (exact) mass is 482 g/mol. The summed E-state index contributed by atoms with van der Waals surface area (Å²) in [6.45, 7) is 0.483. The number of benzene rings is 4. The number of rotatable bonds is 9. The summed E-state index contributed by atoms with van der Waals surface area (Å²) in [5, 5.41) is 18.7. The number of aromatic carboxylic acids is 2. The predicted octanol–water partition coefficient (Wildman–Crippen LogP) is 5.15. The highest BCUT2D eigenvalue weighted by Gasteiger charge is 2.12. The lowest BCUT2D eigenvalue weighted by Gasteiger charge is -2.10. The molecule has 0 heterocycles. The normalized spacial score (nSPS) is 10.3. The van der Waals surface area contributed by atoms with Gasteiger partial charge in [-0.05, 0) is 69.8 Å². The standard InChI is InChI=1S/C28H18O8/c29-15-35-25-11-21(9-23(13-25)27(31)32)19-5-1-17(2-6-19)18-3-7-20(8-4-18)22-10-24(28(33)34)14-26(12-22)36-16-30/h1-16H,(H,31,32)(H,33,34). The van der Waals surface area contributed by atoms with Crippen molar-refractivity contribution in [1.29, 1.82) is 0 Å². The Hall–Kier alpha value is -5.24. The summed E-state index contributed by atoms with van der Waals surface area (Å²) in [5.41, 5.74) is 4.43. The molecule has 4 rings (SSSR count). The molecule has 0 aliphatic rings. The maximum absolute atomic E-state index is 11.4. The van der Waals surface area contributed by atoms with Crippen LogP contribution < -0.4 is 9.47 Å². The van der Waals surface area contributed by atoms with Crippen LogP contribution in [0.4, 0.5) is 0 Å². The van der Waals surface area contributed by atoms with Crippen molar-refractivity contribution < 1.29 is 38.9 Å². The molecule has 0 spiro atoms. The SMILES string of the molecule is O=COc1cc(C(=O)O)cc(-c2ccc(-c3ccc(-c4cc(OC=O)cc(C(=O)O)c4)cc3)cc2)c1. The molecular formula is C28H18O8. The summed E-state index contributed by atoms with van der Waals surface area (Å²) in [4.78, 5) is 44.2. The van der Waals surface area contributed by atoms with E-state index in [0.717, 1.165) is 22.3 Å². The Kier molecular flexibility index (Phi) is 6.87. The number of carboxylic acids is 2. The lowest BCUT2D eigenvalue weighted by atomic mass is 9.96. The minimum atomic E-state index is -1.14. The van der Waals surface area contributed by atoms with Gasteiger partial charge < -0.3 is 19.7 Å². The summed E-state index contributed by atoms with van der Waals surface area (Å²) in [6, 6.07) is 23.5. The van der Waals surface area contributed by atoms with Crippen molar-refractivity contribution in [2.75, 3.05) is 0 Å². The lowest BCUT2D eigenvalue weighted by molar-refractivity contribution is -0.121. The molecule has 0 saturated heterocycles. The van der Waals surface area contributed by atoms with Crippen LogP contribution in [-0.4, -0.2) is 35.1 Å². The summed E-state index contributed by atoms with van der Waals surface area (Å²) in [6.07, 6.45) is 0. The molecule has 0 bridgehead atoms. The molecule has 0 atom stereocenters. The van der Waals surface area contributed by atoms with Gasteiger partial charge in [-0.3, -0.25) is 9.59 Å². The van der Waals surface area contributed by atoms with Crippen molar-refractivity contribution in [2.45, 2.75) is 0 Å². The molecule has 2 N–H and O–H groups in total. The maximum Gasteiger partial charge on any atom is 0.335 e. The summed E-state index contributed by atoms with van der Waals surface area (Å²) in [7, 11) is 0.